The molecule has 0 aromatic rings. The maximum Gasteiger partial charge on any atom is 0.314 e. The van der Waals surface area contributed by atoms with E-state index in [0.29, 0.717) is 25.4 Å². The van der Waals surface area contributed by atoms with E-state index in [4.69, 9.17) is 5.11 Å². The maximum atomic E-state index is 11.3. The van der Waals surface area contributed by atoms with Gasteiger partial charge in [-0.1, -0.05) is 0 Å². The Bertz CT molecular complexity index is 271. The van der Waals surface area contributed by atoms with Crippen LogP contribution in [0.3, 0.4) is 0 Å². The Morgan fingerprint density at radius 2 is 2.18 bits per heavy atom. The molecule has 6 heteroatoms. The first-order valence-electron chi connectivity index (χ1n) is 6.00. The lowest BCUT2D eigenvalue weighted by atomic mass is 10.1. The number of carboxylic acid groups (broad SMARTS) is 1. The largest absolute Gasteiger partial charge is 0.481 e. The van der Waals surface area contributed by atoms with E-state index in [0.717, 1.165) is 19.5 Å². The summed E-state index contributed by atoms with van der Waals surface area (Å²) in [6, 6.07) is -0.204. The van der Waals surface area contributed by atoms with Crippen molar-refractivity contribution in [3.63, 3.8) is 0 Å². The van der Waals surface area contributed by atoms with Gasteiger partial charge in [-0.05, 0) is 32.4 Å². The number of carbonyl (C=O) groups is 2. The minimum atomic E-state index is -0.832. The predicted octanol–water partition coefficient (Wildman–Crippen LogP) is 0.102. The molecule has 6 nitrogen and oxygen atoms in total. The van der Waals surface area contributed by atoms with Gasteiger partial charge in [0.15, 0.2) is 0 Å². The standard InChI is InChI=1S/C11H21N3O3/c1-14-6-4-9(8-14)7-13-11(17)12-5-2-3-10(15)16/h9H,2-8H2,1H3,(H,15,16)(H2,12,13,17). The van der Waals surface area contributed by atoms with Crippen molar-refractivity contribution < 1.29 is 14.7 Å². The first-order valence-corrected chi connectivity index (χ1v) is 6.00. The number of likely N-dealkylation sites (tertiary alicyclic amines) is 1. The van der Waals surface area contributed by atoms with Crippen LogP contribution in [0.5, 0.6) is 0 Å². The van der Waals surface area contributed by atoms with Crippen molar-refractivity contribution in [3.8, 4) is 0 Å². The molecule has 1 aliphatic heterocycles. The smallest absolute Gasteiger partial charge is 0.314 e. The van der Waals surface area contributed by atoms with Gasteiger partial charge in [0.25, 0.3) is 0 Å². The molecule has 0 aliphatic carbocycles. The minimum Gasteiger partial charge on any atom is -0.481 e. The van der Waals surface area contributed by atoms with Crippen LogP contribution in [0.2, 0.25) is 0 Å². The number of carboxylic acids is 1. The monoisotopic (exact) mass is 243 g/mol. The summed E-state index contributed by atoms with van der Waals surface area (Å²) < 4.78 is 0. The number of rotatable bonds is 6. The van der Waals surface area contributed by atoms with Gasteiger partial charge in [0.1, 0.15) is 0 Å². The molecule has 1 aliphatic rings. The fourth-order valence-corrected chi connectivity index (χ4v) is 1.93. The molecule has 0 bridgehead atoms. The van der Waals surface area contributed by atoms with Crippen LogP contribution in [-0.4, -0.2) is 55.2 Å². The lowest BCUT2D eigenvalue weighted by Gasteiger charge is -2.12. The SMILES string of the molecule is CN1CCC(CNC(=O)NCCCC(=O)O)C1. The van der Waals surface area contributed by atoms with Crippen molar-refractivity contribution >= 4 is 12.0 Å². The van der Waals surface area contributed by atoms with Crippen molar-refractivity contribution in [1.82, 2.24) is 15.5 Å². The first kappa shape index (κ1) is 13.8. The molecule has 98 valence electrons. The molecule has 2 amide bonds. The Morgan fingerprint density at radius 3 is 2.76 bits per heavy atom. The summed E-state index contributed by atoms with van der Waals surface area (Å²) in [6.45, 7) is 3.21. The van der Waals surface area contributed by atoms with Gasteiger partial charge >= 0.3 is 12.0 Å². The van der Waals surface area contributed by atoms with Crippen molar-refractivity contribution in [1.29, 1.82) is 0 Å². The van der Waals surface area contributed by atoms with Gasteiger partial charge in [-0.25, -0.2) is 4.79 Å². The zero-order chi connectivity index (χ0) is 12.7. The molecule has 0 aromatic heterocycles. The van der Waals surface area contributed by atoms with Gasteiger partial charge in [-0.2, -0.15) is 0 Å². The van der Waals surface area contributed by atoms with Crippen LogP contribution in [0, 0.1) is 5.92 Å². The maximum absolute atomic E-state index is 11.3. The molecule has 0 spiro atoms. The summed E-state index contributed by atoms with van der Waals surface area (Å²) in [6.07, 6.45) is 1.68. The van der Waals surface area contributed by atoms with Crippen LogP contribution in [0.25, 0.3) is 0 Å². The average Bonchev–Trinajstić information content (AvgIpc) is 2.67. The second-order valence-corrected chi connectivity index (χ2v) is 4.55. The number of carbonyl (C=O) groups excluding carboxylic acids is 1. The summed E-state index contributed by atoms with van der Waals surface area (Å²) >= 11 is 0. The summed E-state index contributed by atoms with van der Waals surface area (Å²) in [5.41, 5.74) is 0. The summed E-state index contributed by atoms with van der Waals surface area (Å²) in [5.74, 6) is -0.300. The fraction of sp³-hybridized carbons (Fsp3) is 0.818. The number of aliphatic carboxylic acids is 1. The van der Waals surface area contributed by atoms with E-state index in [9.17, 15) is 9.59 Å². The second-order valence-electron chi connectivity index (χ2n) is 4.55. The zero-order valence-electron chi connectivity index (χ0n) is 10.2. The van der Waals surface area contributed by atoms with E-state index in [2.05, 4.69) is 22.6 Å². The van der Waals surface area contributed by atoms with Gasteiger partial charge < -0.3 is 20.6 Å². The highest BCUT2D eigenvalue weighted by molar-refractivity contribution is 5.73. The van der Waals surface area contributed by atoms with E-state index in [1.54, 1.807) is 0 Å². The topological polar surface area (TPSA) is 81.7 Å². The highest BCUT2D eigenvalue weighted by Gasteiger charge is 2.19. The molecule has 1 saturated heterocycles. The van der Waals surface area contributed by atoms with Gasteiger partial charge in [0.2, 0.25) is 0 Å². The Hall–Kier alpha value is -1.30. The summed E-state index contributed by atoms with van der Waals surface area (Å²) in [7, 11) is 2.08. The van der Waals surface area contributed by atoms with E-state index in [1.165, 1.54) is 0 Å². The van der Waals surface area contributed by atoms with E-state index >= 15 is 0 Å². The van der Waals surface area contributed by atoms with Crippen molar-refractivity contribution in [3.05, 3.63) is 0 Å². The molecule has 1 rings (SSSR count). The molecule has 1 atom stereocenters. The molecule has 3 N–H and O–H groups in total. The van der Waals surface area contributed by atoms with E-state index in [-0.39, 0.29) is 12.5 Å². The number of amides is 2. The number of nitrogens with one attached hydrogen (secondary N) is 2. The normalized spacial score (nSPS) is 20.2. The molecule has 17 heavy (non-hydrogen) atoms. The number of hydrogen-bond acceptors (Lipinski definition) is 3. The number of nitrogens with zero attached hydrogens (tertiary/aromatic N) is 1. The summed E-state index contributed by atoms with van der Waals surface area (Å²) in [5, 5.41) is 13.9. The van der Waals surface area contributed by atoms with Crippen molar-refractivity contribution in [2.45, 2.75) is 19.3 Å². The second kappa shape index (κ2) is 7.11. The predicted molar refractivity (Wildman–Crippen MR) is 63.9 cm³/mol. The lowest BCUT2D eigenvalue weighted by molar-refractivity contribution is -0.137. The van der Waals surface area contributed by atoms with Crippen LogP contribution in [0.15, 0.2) is 0 Å². The molecule has 1 unspecified atom stereocenters. The van der Waals surface area contributed by atoms with Crippen LogP contribution in [0.4, 0.5) is 4.79 Å². The average molecular weight is 243 g/mol. The Balaban J connectivity index is 1.99. The highest BCUT2D eigenvalue weighted by atomic mass is 16.4. The van der Waals surface area contributed by atoms with Gasteiger partial charge in [-0.3, -0.25) is 4.79 Å². The van der Waals surface area contributed by atoms with Crippen molar-refractivity contribution in [2.75, 3.05) is 33.2 Å². The Morgan fingerprint density at radius 1 is 1.41 bits per heavy atom. The lowest BCUT2D eigenvalue weighted by Crippen LogP contribution is -2.39. The molecular formula is C11H21N3O3. The van der Waals surface area contributed by atoms with Gasteiger partial charge in [-0.15, -0.1) is 0 Å². The van der Waals surface area contributed by atoms with E-state index < -0.39 is 5.97 Å². The van der Waals surface area contributed by atoms with Gasteiger partial charge in [0, 0.05) is 26.1 Å². The molecular weight excluding hydrogens is 222 g/mol. The molecule has 0 radical (unpaired) electrons. The molecule has 0 aromatic carbocycles. The Kier molecular flexibility index (Phi) is 5.76. The minimum absolute atomic E-state index is 0.0910. The quantitative estimate of drug-likeness (QED) is 0.578. The number of urea groups is 1. The molecule has 0 saturated carbocycles. The van der Waals surface area contributed by atoms with Crippen LogP contribution >= 0.6 is 0 Å². The zero-order valence-corrected chi connectivity index (χ0v) is 10.2. The Labute approximate surface area is 101 Å². The van der Waals surface area contributed by atoms with Crippen LogP contribution < -0.4 is 10.6 Å². The third kappa shape index (κ3) is 6.11. The van der Waals surface area contributed by atoms with Crippen molar-refractivity contribution in [2.24, 2.45) is 5.92 Å². The van der Waals surface area contributed by atoms with Crippen LogP contribution in [-0.2, 0) is 4.79 Å². The summed E-state index contributed by atoms with van der Waals surface area (Å²) in [4.78, 5) is 23.8. The highest BCUT2D eigenvalue weighted by Crippen LogP contribution is 2.12. The molecule has 1 heterocycles. The first-order chi connectivity index (χ1) is 8.08. The fourth-order valence-electron chi connectivity index (χ4n) is 1.93. The van der Waals surface area contributed by atoms with Crippen LogP contribution in [0.1, 0.15) is 19.3 Å². The van der Waals surface area contributed by atoms with E-state index in [1.807, 2.05) is 0 Å². The third-order valence-electron chi connectivity index (χ3n) is 2.89. The number of hydrogen-bond donors (Lipinski definition) is 3. The van der Waals surface area contributed by atoms with Gasteiger partial charge in [0.05, 0.1) is 0 Å². The third-order valence-corrected chi connectivity index (χ3v) is 2.89. The molecule has 1 fully saturated rings.